The van der Waals surface area contributed by atoms with Crippen LogP contribution in [0.25, 0.3) is 0 Å². The molecule has 2 amide bonds. The molecule has 0 atom stereocenters. The van der Waals surface area contributed by atoms with E-state index in [1.165, 1.54) is 19.3 Å². The van der Waals surface area contributed by atoms with Gasteiger partial charge in [0.1, 0.15) is 0 Å². The zero-order chi connectivity index (χ0) is 21.8. The highest BCUT2D eigenvalue weighted by Crippen LogP contribution is 2.25. The number of urea groups is 1. The number of rotatable bonds is 12. The topological polar surface area (TPSA) is 44.8 Å². The Morgan fingerprint density at radius 1 is 1.13 bits per heavy atom. The van der Waals surface area contributed by atoms with E-state index < -0.39 is 0 Å². The standard InChI is InChI=1S/C24H38BrN3O2/c1-4-17-27(2)18-7-5-6-8-19-30-23-15-13-22(14-16-23)28(3)24(29)26-21-11-9-20(25)10-12-21/h4,9-12,22-23H,1,5-8,13-19H2,2-3H3,(H,26,29)/t22-,23-. The third kappa shape index (κ3) is 9.19. The minimum atomic E-state index is -0.0413. The van der Waals surface area contributed by atoms with Crippen molar-refractivity contribution in [2.45, 2.75) is 63.5 Å². The molecule has 0 bridgehead atoms. The number of nitrogens with one attached hydrogen (secondary N) is 1. The van der Waals surface area contributed by atoms with Crippen LogP contribution in [0.15, 0.2) is 41.4 Å². The first kappa shape index (κ1) is 24.9. The van der Waals surface area contributed by atoms with Crippen molar-refractivity contribution >= 4 is 27.6 Å². The number of carbonyl (C=O) groups excluding carboxylic acids is 1. The van der Waals surface area contributed by atoms with Crippen molar-refractivity contribution in [3.8, 4) is 0 Å². The number of carbonyl (C=O) groups is 1. The number of hydrogen-bond acceptors (Lipinski definition) is 3. The second kappa shape index (κ2) is 13.8. The van der Waals surface area contributed by atoms with Crippen LogP contribution in [-0.4, -0.2) is 61.8 Å². The SMILES string of the molecule is C=CCN(C)CCCCCCO[C@H]1CC[C@H](N(C)C(=O)Nc2ccc(Br)cc2)CC1. The van der Waals surface area contributed by atoms with Crippen molar-refractivity contribution in [1.82, 2.24) is 9.80 Å². The number of benzene rings is 1. The fraction of sp³-hybridized carbons (Fsp3) is 0.625. The summed E-state index contributed by atoms with van der Waals surface area (Å²) in [5, 5.41) is 2.98. The summed E-state index contributed by atoms with van der Waals surface area (Å²) in [6.07, 6.45) is 11.3. The van der Waals surface area contributed by atoms with Gasteiger partial charge in [0.05, 0.1) is 6.10 Å². The molecular weight excluding hydrogens is 442 g/mol. The molecule has 168 valence electrons. The van der Waals surface area contributed by atoms with Crippen molar-refractivity contribution in [3.63, 3.8) is 0 Å². The molecule has 0 radical (unpaired) electrons. The Kier molecular flexibility index (Phi) is 11.5. The van der Waals surface area contributed by atoms with Crippen LogP contribution >= 0.6 is 15.9 Å². The van der Waals surface area contributed by atoms with Gasteiger partial charge >= 0.3 is 6.03 Å². The number of hydrogen-bond donors (Lipinski definition) is 1. The molecule has 1 aromatic rings. The molecule has 0 unspecified atom stereocenters. The number of amides is 2. The van der Waals surface area contributed by atoms with Crippen molar-refractivity contribution in [3.05, 3.63) is 41.4 Å². The lowest BCUT2D eigenvalue weighted by molar-refractivity contribution is 0.0130. The van der Waals surface area contributed by atoms with Crippen LogP contribution in [0, 0.1) is 0 Å². The van der Waals surface area contributed by atoms with Gasteiger partial charge in [-0.15, -0.1) is 6.58 Å². The molecular formula is C24H38BrN3O2. The van der Waals surface area contributed by atoms with Crippen LogP contribution in [-0.2, 0) is 4.74 Å². The zero-order valence-electron chi connectivity index (χ0n) is 18.6. The summed E-state index contributed by atoms with van der Waals surface area (Å²) >= 11 is 3.41. The van der Waals surface area contributed by atoms with Crippen molar-refractivity contribution < 1.29 is 9.53 Å². The van der Waals surface area contributed by atoms with E-state index in [9.17, 15) is 4.79 Å². The van der Waals surface area contributed by atoms with E-state index in [0.717, 1.165) is 62.0 Å². The van der Waals surface area contributed by atoms with E-state index in [-0.39, 0.29) is 12.1 Å². The molecule has 0 aromatic heterocycles. The lowest BCUT2D eigenvalue weighted by Gasteiger charge is -2.34. The molecule has 1 N–H and O–H groups in total. The van der Waals surface area contributed by atoms with Gasteiger partial charge < -0.3 is 19.9 Å². The molecule has 2 rings (SSSR count). The van der Waals surface area contributed by atoms with Gasteiger partial charge in [-0.25, -0.2) is 4.79 Å². The summed E-state index contributed by atoms with van der Waals surface area (Å²) in [6, 6.07) is 7.91. The Bertz CT molecular complexity index is 630. The second-order valence-electron chi connectivity index (χ2n) is 8.31. The first-order chi connectivity index (χ1) is 14.5. The number of halogens is 1. The van der Waals surface area contributed by atoms with Gasteiger partial charge in [-0.3, -0.25) is 0 Å². The van der Waals surface area contributed by atoms with E-state index >= 15 is 0 Å². The Hall–Kier alpha value is -1.37. The number of anilines is 1. The predicted octanol–water partition coefficient (Wildman–Crippen LogP) is 5.92. The third-order valence-electron chi connectivity index (χ3n) is 5.84. The molecule has 1 aliphatic rings. The normalized spacial score (nSPS) is 18.9. The van der Waals surface area contributed by atoms with Gasteiger partial charge in [0.25, 0.3) is 0 Å². The molecule has 1 aromatic carbocycles. The van der Waals surface area contributed by atoms with Gasteiger partial charge in [-0.05, 0) is 76.4 Å². The summed E-state index contributed by atoms with van der Waals surface area (Å²) < 4.78 is 7.10. The minimum absolute atomic E-state index is 0.0413. The maximum absolute atomic E-state index is 12.5. The van der Waals surface area contributed by atoms with Crippen LogP contribution in [0.5, 0.6) is 0 Å². The van der Waals surface area contributed by atoms with Gasteiger partial charge in [-0.1, -0.05) is 34.8 Å². The molecule has 1 fully saturated rings. The third-order valence-corrected chi connectivity index (χ3v) is 6.36. The molecule has 0 saturated heterocycles. The minimum Gasteiger partial charge on any atom is -0.378 e. The van der Waals surface area contributed by atoms with Crippen LogP contribution in [0.3, 0.4) is 0 Å². The Morgan fingerprint density at radius 3 is 2.47 bits per heavy atom. The van der Waals surface area contributed by atoms with Crippen molar-refractivity contribution in [1.29, 1.82) is 0 Å². The summed E-state index contributed by atoms with van der Waals surface area (Å²) in [5.74, 6) is 0. The van der Waals surface area contributed by atoms with E-state index in [2.05, 4.69) is 39.8 Å². The lowest BCUT2D eigenvalue weighted by Crippen LogP contribution is -2.42. The average molecular weight is 480 g/mol. The Morgan fingerprint density at radius 2 is 1.80 bits per heavy atom. The number of nitrogens with zero attached hydrogens (tertiary/aromatic N) is 2. The van der Waals surface area contributed by atoms with Gasteiger partial charge in [0.15, 0.2) is 0 Å². The Balaban J connectivity index is 1.55. The highest BCUT2D eigenvalue weighted by Gasteiger charge is 2.26. The molecule has 1 aliphatic carbocycles. The molecule has 6 heteroatoms. The summed E-state index contributed by atoms with van der Waals surface area (Å²) in [6.45, 7) is 6.74. The van der Waals surface area contributed by atoms with Gasteiger partial charge in [0.2, 0.25) is 0 Å². The highest BCUT2D eigenvalue weighted by atomic mass is 79.9. The summed E-state index contributed by atoms with van der Waals surface area (Å²) in [4.78, 5) is 16.7. The maximum Gasteiger partial charge on any atom is 0.321 e. The van der Waals surface area contributed by atoms with Gasteiger partial charge in [-0.2, -0.15) is 0 Å². The second-order valence-corrected chi connectivity index (χ2v) is 9.23. The van der Waals surface area contributed by atoms with E-state index in [4.69, 9.17) is 4.74 Å². The largest absolute Gasteiger partial charge is 0.378 e. The average Bonchev–Trinajstić information content (AvgIpc) is 2.74. The fourth-order valence-corrected chi connectivity index (χ4v) is 4.17. The van der Waals surface area contributed by atoms with Crippen LogP contribution in [0.4, 0.5) is 10.5 Å². The van der Waals surface area contributed by atoms with Gasteiger partial charge in [0, 0.05) is 36.4 Å². The summed E-state index contributed by atoms with van der Waals surface area (Å²) in [5.41, 5.74) is 0.819. The van der Waals surface area contributed by atoms with Crippen LogP contribution in [0.1, 0.15) is 51.4 Å². The van der Waals surface area contributed by atoms with E-state index in [1.54, 1.807) is 0 Å². The molecule has 30 heavy (non-hydrogen) atoms. The molecule has 1 saturated carbocycles. The first-order valence-corrected chi connectivity index (χ1v) is 12.0. The van der Waals surface area contributed by atoms with Crippen molar-refractivity contribution in [2.75, 3.05) is 39.1 Å². The Labute approximate surface area is 191 Å². The van der Waals surface area contributed by atoms with E-state index in [0.29, 0.717) is 6.10 Å². The number of ether oxygens (including phenoxy) is 1. The van der Waals surface area contributed by atoms with Crippen LogP contribution < -0.4 is 5.32 Å². The van der Waals surface area contributed by atoms with Crippen LogP contribution in [0.2, 0.25) is 0 Å². The zero-order valence-corrected chi connectivity index (χ0v) is 20.2. The predicted molar refractivity (Wildman–Crippen MR) is 129 cm³/mol. The smallest absolute Gasteiger partial charge is 0.321 e. The first-order valence-electron chi connectivity index (χ1n) is 11.2. The quantitative estimate of drug-likeness (QED) is 0.298. The number of likely N-dealkylation sites (N-methyl/N-ethyl adjacent to an activating group) is 1. The summed E-state index contributed by atoms with van der Waals surface area (Å²) in [7, 11) is 4.04. The fourth-order valence-electron chi connectivity index (χ4n) is 3.91. The molecule has 0 aliphatic heterocycles. The number of unbranched alkanes of at least 4 members (excludes halogenated alkanes) is 3. The maximum atomic E-state index is 12.5. The molecule has 0 spiro atoms. The lowest BCUT2D eigenvalue weighted by atomic mass is 9.92. The monoisotopic (exact) mass is 479 g/mol. The molecule has 5 nitrogen and oxygen atoms in total. The molecule has 0 heterocycles. The van der Waals surface area contributed by atoms with E-state index in [1.807, 2.05) is 42.3 Å². The highest BCUT2D eigenvalue weighted by molar-refractivity contribution is 9.10. The van der Waals surface area contributed by atoms with Crippen molar-refractivity contribution in [2.24, 2.45) is 0 Å².